The van der Waals surface area contributed by atoms with Crippen LogP contribution in [0.5, 0.6) is 0 Å². The standard InChI is InChI=1S/C17H30OSi/c1-8-14(2)16(13-15-11-9-10-12-15)18-19(6,7)17(3,4)5/h1,9-10,14-16H,11-13H2,2-7H3/t14-,16-/m1/s1. The fraction of sp³-hybridized carbons (Fsp3) is 0.765. The molecule has 1 rings (SSSR count). The molecular formula is C17H30OSi. The molecule has 0 radical (unpaired) electrons. The number of allylic oxidation sites excluding steroid dienone is 2. The summed E-state index contributed by atoms with van der Waals surface area (Å²) in [7, 11) is -1.73. The first-order chi connectivity index (χ1) is 8.67. The number of hydrogen-bond acceptors (Lipinski definition) is 1. The van der Waals surface area contributed by atoms with Crippen LogP contribution in [0.4, 0.5) is 0 Å². The minimum absolute atomic E-state index is 0.203. The molecule has 0 aromatic rings. The topological polar surface area (TPSA) is 9.23 Å². The summed E-state index contributed by atoms with van der Waals surface area (Å²) in [6.45, 7) is 13.6. The SMILES string of the molecule is C#C[C@@H](C)[C@@H](CC1CC=CC1)O[Si](C)(C)C(C)(C)C. The monoisotopic (exact) mass is 278 g/mol. The minimum Gasteiger partial charge on any atom is -0.413 e. The molecule has 0 heterocycles. The molecule has 2 atom stereocenters. The van der Waals surface area contributed by atoms with E-state index in [1.807, 2.05) is 0 Å². The van der Waals surface area contributed by atoms with Gasteiger partial charge in [-0.25, -0.2) is 0 Å². The summed E-state index contributed by atoms with van der Waals surface area (Å²) in [4.78, 5) is 0. The third-order valence-corrected chi connectivity index (χ3v) is 9.25. The van der Waals surface area contributed by atoms with Gasteiger partial charge in [0.2, 0.25) is 0 Å². The summed E-state index contributed by atoms with van der Waals surface area (Å²) in [6.07, 6.45) is 13.9. The van der Waals surface area contributed by atoms with Crippen molar-refractivity contribution in [3.63, 3.8) is 0 Å². The summed E-state index contributed by atoms with van der Waals surface area (Å²) in [6, 6.07) is 0. The van der Waals surface area contributed by atoms with Gasteiger partial charge in [0.15, 0.2) is 8.32 Å². The highest BCUT2D eigenvalue weighted by atomic mass is 28.4. The number of rotatable bonds is 5. The minimum atomic E-state index is -1.73. The summed E-state index contributed by atoms with van der Waals surface area (Å²) >= 11 is 0. The smallest absolute Gasteiger partial charge is 0.192 e. The van der Waals surface area contributed by atoms with Crippen LogP contribution in [0.15, 0.2) is 12.2 Å². The van der Waals surface area contributed by atoms with Gasteiger partial charge in [0.1, 0.15) is 0 Å². The van der Waals surface area contributed by atoms with Crippen molar-refractivity contribution in [1.29, 1.82) is 0 Å². The highest BCUT2D eigenvalue weighted by Crippen LogP contribution is 2.39. The molecule has 1 aliphatic rings. The van der Waals surface area contributed by atoms with Gasteiger partial charge in [0.25, 0.3) is 0 Å². The molecule has 1 nitrogen and oxygen atoms in total. The molecule has 0 amide bonds. The summed E-state index contributed by atoms with van der Waals surface area (Å²) < 4.78 is 6.59. The van der Waals surface area contributed by atoms with Crippen molar-refractivity contribution in [1.82, 2.24) is 0 Å². The van der Waals surface area contributed by atoms with Crippen LogP contribution in [-0.2, 0) is 4.43 Å². The first-order valence-electron chi connectivity index (χ1n) is 7.46. The van der Waals surface area contributed by atoms with Gasteiger partial charge >= 0.3 is 0 Å². The third-order valence-electron chi connectivity index (χ3n) is 4.74. The lowest BCUT2D eigenvalue weighted by Gasteiger charge is -2.41. The zero-order chi connectivity index (χ0) is 14.7. The van der Waals surface area contributed by atoms with E-state index in [9.17, 15) is 0 Å². The van der Waals surface area contributed by atoms with Crippen molar-refractivity contribution in [2.75, 3.05) is 0 Å². The maximum Gasteiger partial charge on any atom is 0.192 e. The molecule has 0 saturated carbocycles. The van der Waals surface area contributed by atoms with Crippen molar-refractivity contribution in [2.45, 2.75) is 71.2 Å². The van der Waals surface area contributed by atoms with E-state index in [0.29, 0.717) is 0 Å². The van der Waals surface area contributed by atoms with Crippen molar-refractivity contribution in [3.05, 3.63) is 12.2 Å². The Balaban J connectivity index is 2.72. The van der Waals surface area contributed by atoms with Crippen molar-refractivity contribution in [3.8, 4) is 12.3 Å². The molecular weight excluding hydrogens is 248 g/mol. The normalized spacial score (nSPS) is 20.3. The Morgan fingerprint density at radius 1 is 1.32 bits per heavy atom. The van der Waals surface area contributed by atoms with Crippen LogP contribution in [0.3, 0.4) is 0 Å². The Morgan fingerprint density at radius 2 is 1.84 bits per heavy atom. The van der Waals surface area contributed by atoms with Gasteiger partial charge < -0.3 is 4.43 Å². The van der Waals surface area contributed by atoms with Gasteiger partial charge in [0.05, 0.1) is 6.10 Å². The van der Waals surface area contributed by atoms with Gasteiger partial charge in [-0.15, -0.1) is 12.3 Å². The van der Waals surface area contributed by atoms with Crippen molar-refractivity contribution < 1.29 is 4.43 Å². The average molecular weight is 279 g/mol. The summed E-state index contributed by atoms with van der Waals surface area (Å²) in [5, 5.41) is 0.244. The first kappa shape index (κ1) is 16.5. The maximum atomic E-state index is 6.59. The van der Waals surface area contributed by atoms with E-state index in [1.165, 1.54) is 12.8 Å². The van der Waals surface area contributed by atoms with E-state index >= 15 is 0 Å². The van der Waals surface area contributed by atoms with Crippen LogP contribution >= 0.6 is 0 Å². The molecule has 2 heteroatoms. The molecule has 0 unspecified atom stereocenters. The van der Waals surface area contributed by atoms with E-state index in [0.717, 1.165) is 12.3 Å². The predicted octanol–water partition coefficient (Wildman–Crippen LogP) is 5.00. The molecule has 108 valence electrons. The molecule has 0 saturated heterocycles. The number of hydrogen-bond donors (Lipinski definition) is 0. The Hall–Kier alpha value is -0.523. The zero-order valence-electron chi connectivity index (χ0n) is 13.5. The van der Waals surface area contributed by atoms with Crippen LogP contribution in [0, 0.1) is 24.2 Å². The van der Waals surface area contributed by atoms with Gasteiger partial charge in [-0.2, -0.15) is 0 Å². The lowest BCUT2D eigenvalue weighted by molar-refractivity contribution is 0.122. The van der Waals surface area contributed by atoms with E-state index in [-0.39, 0.29) is 17.1 Å². The van der Waals surface area contributed by atoms with Crippen LogP contribution in [0.2, 0.25) is 18.1 Å². The maximum absolute atomic E-state index is 6.59. The fourth-order valence-corrected chi connectivity index (χ4v) is 3.62. The molecule has 0 spiro atoms. The van der Waals surface area contributed by atoms with Crippen LogP contribution in [-0.4, -0.2) is 14.4 Å². The summed E-state index contributed by atoms with van der Waals surface area (Å²) in [5.41, 5.74) is 0. The van der Waals surface area contributed by atoms with Crippen LogP contribution in [0.1, 0.15) is 47.0 Å². The quantitative estimate of drug-likeness (QED) is 0.390. The molecule has 0 aromatic carbocycles. The predicted molar refractivity (Wildman–Crippen MR) is 86.5 cm³/mol. The van der Waals surface area contributed by atoms with E-state index in [4.69, 9.17) is 10.8 Å². The van der Waals surface area contributed by atoms with Crippen LogP contribution < -0.4 is 0 Å². The second-order valence-electron chi connectivity index (χ2n) is 7.42. The van der Waals surface area contributed by atoms with Gasteiger partial charge in [-0.05, 0) is 50.2 Å². The molecule has 1 aliphatic carbocycles. The van der Waals surface area contributed by atoms with E-state index in [2.05, 4.69) is 58.9 Å². The molecule has 19 heavy (non-hydrogen) atoms. The Kier molecular flexibility index (Phi) is 5.47. The zero-order valence-corrected chi connectivity index (χ0v) is 14.5. The van der Waals surface area contributed by atoms with Crippen molar-refractivity contribution >= 4 is 8.32 Å². The average Bonchev–Trinajstić information content (AvgIpc) is 2.78. The highest BCUT2D eigenvalue weighted by molar-refractivity contribution is 6.74. The van der Waals surface area contributed by atoms with Gasteiger partial charge in [-0.3, -0.25) is 0 Å². The second-order valence-corrected chi connectivity index (χ2v) is 12.2. The van der Waals surface area contributed by atoms with E-state index in [1.54, 1.807) is 0 Å². The van der Waals surface area contributed by atoms with Crippen molar-refractivity contribution in [2.24, 2.45) is 11.8 Å². The Labute approximate surface area is 120 Å². The van der Waals surface area contributed by atoms with E-state index < -0.39 is 8.32 Å². The molecule has 0 aromatic heterocycles. The fourth-order valence-electron chi connectivity index (χ4n) is 2.21. The highest BCUT2D eigenvalue weighted by Gasteiger charge is 2.40. The lowest BCUT2D eigenvalue weighted by Crippen LogP contribution is -2.45. The molecule has 0 aliphatic heterocycles. The molecule has 0 N–H and O–H groups in total. The van der Waals surface area contributed by atoms with Gasteiger partial charge in [0, 0.05) is 5.92 Å². The largest absolute Gasteiger partial charge is 0.413 e. The lowest BCUT2D eigenvalue weighted by atomic mass is 9.93. The Morgan fingerprint density at radius 3 is 2.26 bits per heavy atom. The summed E-state index contributed by atoms with van der Waals surface area (Å²) in [5.74, 6) is 3.82. The third kappa shape index (κ3) is 4.51. The second kappa shape index (κ2) is 6.28. The molecule has 0 bridgehead atoms. The molecule has 0 fully saturated rings. The Bertz CT molecular complexity index is 348. The van der Waals surface area contributed by atoms with Crippen LogP contribution in [0.25, 0.3) is 0 Å². The number of terminal acetylenes is 1. The first-order valence-corrected chi connectivity index (χ1v) is 10.4. The van der Waals surface area contributed by atoms with Gasteiger partial charge in [-0.1, -0.05) is 32.9 Å².